The Morgan fingerprint density at radius 3 is 2.88 bits per heavy atom. The molecule has 0 aliphatic carbocycles. The predicted molar refractivity (Wildman–Crippen MR) is 72.2 cm³/mol. The summed E-state index contributed by atoms with van der Waals surface area (Å²) in [6.07, 6.45) is 0.356. The van der Waals surface area contributed by atoms with Crippen LogP contribution in [0.4, 0.5) is 0 Å². The molecular weight excluding hydrogens is 305 g/mol. The minimum Gasteiger partial charge on any atom is -0.469 e. The van der Waals surface area contributed by atoms with Gasteiger partial charge in [-0.2, -0.15) is 0 Å². The van der Waals surface area contributed by atoms with Crippen molar-refractivity contribution in [3.05, 3.63) is 33.3 Å². The summed E-state index contributed by atoms with van der Waals surface area (Å²) in [6.45, 7) is 2.58. The maximum atomic E-state index is 10.9. The zero-order valence-electron chi connectivity index (χ0n) is 9.80. The number of hydrogen-bond acceptors (Lipinski definition) is 3. The number of halogens is 2. The summed E-state index contributed by atoms with van der Waals surface area (Å²) in [5.74, 6) is -0.216. The van der Waals surface area contributed by atoms with Gasteiger partial charge in [0.05, 0.1) is 13.5 Å². The Balaban J connectivity index is 2.52. The number of methoxy groups -OCH3 is 1. The summed E-state index contributed by atoms with van der Waals surface area (Å²) in [5.41, 5.74) is 1.01. The van der Waals surface area contributed by atoms with Gasteiger partial charge >= 0.3 is 5.97 Å². The Kier molecular flexibility index (Phi) is 5.95. The molecule has 0 bridgehead atoms. The summed E-state index contributed by atoms with van der Waals surface area (Å²) in [5, 5.41) is 3.93. The second kappa shape index (κ2) is 6.99. The number of hydrogen-bond donors (Lipinski definition) is 1. The molecule has 0 heterocycles. The third kappa shape index (κ3) is 4.66. The van der Waals surface area contributed by atoms with Crippen molar-refractivity contribution in [1.29, 1.82) is 0 Å². The van der Waals surface area contributed by atoms with Crippen molar-refractivity contribution >= 4 is 33.5 Å². The van der Waals surface area contributed by atoms with Gasteiger partial charge in [0, 0.05) is 22.1 Å². The monoisotopic (exact) mass is 319 g/mol. The zero-order valence-corrected chi connectivity index (χ0v) is 12.1. The van der Waals surface area contributed by atoms with E-state index in [1.165, 1.54) is 7.11 Å². The first-order chi connectivity index (χ1) is 8.04. The van der Waals surface area contributed by atoms with Crippen molar-refractivity contribution in [2.75, 3.05) is 13.7 Å². The molecular formula is C12H15BrClNO2. The molecule has 1 rings (SSSR count). The van der Waals surface area contributed by atoms with E-state index in [9.17, 15) is 4.79 Å². The Hall–Kier alpha value is -0.580. The highest BCUT2D eigenvalue weighted by molar-refractivity contribution is 9.10. The lowest BCUT2D eigenvalue weighted by atomic mass is 10.1. The molecule has 0 saturated heterocycles. The second-order valence-corrected chi connectivity index (χ2v) is 4.99. The molecule has 1 aromatic rings. The smallest absolute Gasteiger partial charge is 0.306 e. The number of ether oxygens (including phenoxy) is 1. The summed E-state index contributed by atoms with van der Waals surface area (Å²) in [6, 6.07) is 5.86. The number of carbonyl (C=O) groups excluding carboxylic acids is 1. The van der Waals surface area contributed by atoms with Crippen LogP contribution >= 0.6 is 27.5 Å². The van der Waals surface area contributed by atoms with Gasteiger partial charge in [-0.1, -0.05) is 33.6 Å². The van der Waals surface area contributed by atoms with Gasteiger partial charge in [-0.25, -0.2) is 0 Å². The molecule has 3 nitrogen and oxygen atoms in total. The summed E-state index contributed by atoms with van der Waals surface area (Å²) >= 11 is 9.49. The van der Waals surface area contributed by atoms with Crippen LogP contribution in [0.1, 0.15) is 24.9 Å². The Morgan fingerprint density at radius 2 is 2.29 bits per heavy atom. The van der Waals surface area contributed by atoms with Gasteiger partial charge in [0.15, 0.2) is 0 Å². The van der Waals surface area contributed by atoms with E-state index >= 15 is 0 Å². The first kappa shape index (κ1) is 14.5. The third-order valence-corrected chi connectivity index (χ3v) is 3.26. The lowest BCUT2D eigenvalue weighted by Crippen LogP contribution is -2.22. The van der Waals surface area contributed by atoms with E-state index < -0.39 is 0 Å². The fourth-order valence-corrected chi connectivity index (χ4v) is 2.29. The van der Waals surface area contributed by atoms with Crippen molar-refractivity contribution in [1.82, 2.24) is 5.32 Å². The minimum atomic E-state index is -0.216. The first-order valence-corrected chi connectivity index (χ1v) is 6.47. The Morgan fingerprint density at radius 1 is 1.59 bits per heavy atom. The van der Waals surface area contributed by atoms with Crippen LogP contribution in [0.3, 0.4) is 0 Å². The first-order valence-electron chi connectivity index (χ1n) is 5.29. The molecule has 0 aliphatic heterocycles. The van der Waals surface area contributed by atoms with Crippen LogP contribution in [-0.2, 0) is 9.53 Å². The van der Waals surface area contributed by atoms with E-state index in [0.29, 0.717) is 18.0 Å². The zero-order chi connectivity index (χ0) is 12.8. The van der Waals surface area contributed by atoms with Crippen molar-refractivity contribution in [2.24, 2.45) is 0 Å². The fraction of sp³-hybridized carbons (Fsp3) is 0.417. The van der Waals surface area contributed by atoms with E-state index in [-0.39, 0.29) is 12.0 Å². The molecule has 0 saturated carbocycles. The molecule has 17 heavy (non-hydrogen) atoms. The predicted octanol–water partition coefficient (Wildman–Crippen LogP) is 3.32. The van der Waals surface area contributed by atoms with Crippen LogP contribution in [0.25, 0.3) is 0 Å². The van der Waals surface area contributed by atoms with E-state index in [1.54, 1.807) is 0 Å². The van der Waals surface area contributed by atoms with Crippen LogP contribution in [-0.4, -0.2) is 19.6 Å². The van der Waals surface area contributed by atoms with Crippen molar-refractivity contribution < 1.29 is 9.53 Å². The standard InChI is InChI=1S/C12H15BrClNO2/c1-8(15-6-5-12(16)17-2)10-4-3-9(13)7-11(10)14/h3-4,7-8,15H,5-6H2,1-2H3. The molecule has 0 aliphatic rings. The topological polar surface area (TPSA) is 38.3 Å². The molecule has 0 aromatic heterocycles. The highest BCUT2D eigenvalue weighted by Gasteiger charge is 2.10. The second-order valence-electron chi connectivity index (χ2n) is 3.67. The van der Waals surface area contributed by atoms with Gasteiger partial charge in [0.2, 0.25) is 0 Å². The molecule has 1 atom stereocenters. The molecule has 5 heteroatoms. The Bertz CT molecular complexity index is 398. The van der Waals surface area contributed by atoms with Gasteiger partial charge in [-0.3, -0.25) is 4.79 Å². The molecule has 1 N–H and O–H groups in total. The molecule has 0 radical (unpaired) electrons. The fourth-order valence-electron chi connectivity index (χ4n) is 1.46. The van der Waals surface area contributed by atoms with E-state index in [1.807, 2.05) is 25.1 Å². The largest absolute Gasteiger partial charge is 0.469 e. The SMILES string of the molecule is COC(=O)CCNC(C)c1ccc(Br)cc1Cl. The molecule has 1 aromatic carbocycles. The summed E-state index contributed by atoms with van der Waals surface area (Å²) in [4.78, 5) is 10.9. The molecule has 0 spiro atoms. The normalized spacial score (nSPS) is 12.2. The maximum Gasteiger partial charge on any atom is 0.306 e. The van der Waals surface area contributed by atoms with E-state index in [4.69, 9.17) is 11.6 Å². The molecule has 94 valence electrons. The van der Waals surface area contributed by atoms with Gasteiger partial charge in [-0.15, -0.1) is 0 Å². The molecule has 0 fully saturated rings. The summed E-state index contributed by atoms with van der Waals surface area (Å²) < 4.78 is 5.52. The molecule has 0 amide bonds. The Labute approximate surface area is 115 Å². The van der Waals surface area contributed by atoms with Crippen molar-refractivity contribution in [3.8, 4) is 0 Å². The number of rotatable bonds is 5. The van der Waals surface area contributed by atoms with Gasteiger partial charge < -0.3 is 10.1 Å². The molecule has 1 unspecified atom stereocenters. The van der Waals surface area contributed by atoms with Gasteiger partial charge in [0.25, 0.3) is 0 Å². The van der Waals surface area contributed by atoms with E-state index in [2.05, 4.69) is 26.0 Å². The quantitative estimate of drug-likeness (QED) is 0.846. The maximum absolute atomic E-state index is 10.9. The minimum absolute atomic E-state index is 0.0975. The van der Waals surface area contributed by atoms with Gasteiger partial charge in [-0.05, 0) is 24.6 Å². The number of carbonyl (C=O) groups is 1. The average Bonchev–Trinajstić information content (AvgIpc) is 2.28. The van der Waals surface area contributed by atoms with E-state index in [0.717, 1.165) is 10.0 Å². The van der Waals surface area contributed by atoms with Crippen molar-refractivity contribution in [3.63, 3.8) is 0 Å². The van der Waals surface area contributed by atoms with Gasteiger partial charge in [0.1, 0.15) is 0 Å². The number of nitrogens with one attached hydrogen (secondary N) is 1. The van der Waals surface area contributed by atoms with Crippen LogP contribution < -0.4 is 5.32 Å². The van der Waals surface area contributed by atoms with Crippen LogP contribution in [0, 0.1) is 0 Å². The highest BCUT2D eigenvalue weighted by atomic mass is 79.9. The van der Waals surface area contributed by atoms with Crippen LogP contribution in [0.2, 0.25) is 5.02 Å². The van der Waals surface area contributed by atoms with Crippen LogP contribution in [0.5, 0.6) is 0 Å². The third-order valence-electron chi connectivity index (χ3n) is 2.44. The lowest BCUT2D eigenvalue weighted by Gasteiger charge is -2.15. The van der Waals surface area contributed by atoms with Crippen LogP contribution in [0.15, 0.2) is 22.7 Å². The summed E-state index contributed by atoms with van der Waals surface area (Å²) in [7, 11) is 1.39. The lowest BCUT2D eigenvalue weighted by molar-refractivity contribution is -0.140. The average molecular weight is 321 g/mol. The van der Waals surface area contributed by atoms with Crippen molar-refractivity contribution in [2.45, 2.75) is 19.4 Å². The number of esters is 1. The number of benzene rings is 1. The highest BCUT2D eigenvalue weighted by Crippen LogP contribution is 2.26.